The lowest BCUT2D eigenvalue weighted by atomic mass is 9.74. The van der Waals surface area contributed by atoms with Crippen LogP contribution in [0, 0.1) is 5.82 Å². The molecule has 0 radical (unpaired) electrons. The van der Waals surface area contributed by atoms with Crippen LogP contribution in [0.3, 0.4) is 0 Å². The molecule has 1 heterocycles. The molecule has 2 atom stereocenters. The monoisotopic (exact) mass is 263 g/mol. The van der Waals surface area contributed by atoms with Gasteiger partial charge in [-0.25, -0.2) is 4.39 Å². The summed E-state index contributed by atoms with van der Waals surface area (Å²) in [6.07, 6.45) is 5.87. The summed E-state index contributed by atoms with van der Waals surface area (Å²) < 4.78 is 19.2. The molecule has 0 amide bonds. The summed E-state index contributed by atoms with van der Waals surface area (Å²) in [6, 6.07) is 7.56. The average Bonchev–Trinajstić information content (AvgIpc) is 2.37. The second-order valence-corrected chi connectivity index (χ2v) is 6.02. The van der Waals surface area contributed by atoms with E-state index in [4.69, 9.17) is 4.74 Å². The normalized spacial score (nSPS) is 26.9. The van der Waals surface area contributed by atoms with Gasteiger partial charge in [-0.1, -0.05) is 12.1 Å². The van der Waals surface area contributed by atoms with Crippen molar-refractivity contribution in [2.75, 3.05) is 6.61 Å². The fourth-order valence-electron chi connectivity index (χ4n) is 3.32. The Labute approximate surface area is 114 Å². The maximum atomic E-state index is 13.2. The van der Waals surface area contributed by atoms with Crippen molar-refractivity contribution in [2.45, 2.75) is 56.7 Å². The topological polar surface area (TPSA) is 21.3 Å². The molecule has 104 valence electrons. The first-order chi connectivity index (χ1) is 9.17. The van der Waals surface area contributed by atoms with Gasteiger partial charge in [0.2, 0.25) is 0 Å². The van der Waals surface area contributed by atoms with Crippen molar-refractivity contribution in [2.24, 2.45) is 0 Å². The third-order valence-electron chi connectivity index (χ3n) is 4.59. The SMILES string of the molecule is C[C@@H](NC1CCOC2(CCC2)C1)c1cccc(F)c1. The lowest BCUT2D eigenvalue weighted by Gasteiger charge is -2.47. The Balaban J connectivity index is 1.61. The molecule has 2 fully saturated rings. The maximum absolute atomic E-state index is 13.2. The summed E-state index contributed by atoms with van der Waals surface area (Å²) in [5, 5.41) is 3.64. The van der Waals surface area contributed by atoms with E-state index in [0.29, 0.717) is 6.04 Å². The van der Waals surface area contributed by atoms with Gasteiger partial charge in [-0.05, 0) is 56.7 Å². The molecule has 2 aliphatic rings. The van der Waals surface area contributed by atoms with Crippen molar-refractivity contribution < 1.29 is 9.13 Å². The van der Waals surface area contributed by atoms with Gasteiger partial charge in [0.1, 0.15) is 5.82 Å². The molecule has 1 spiro atoms. The van der Waals surface area contributed by atoms with Gasteiger partial charge in [0.15, 0.2) is 0 Å². The Kier molecular flexibility index (Phi) is 3.59. The number of rotatable bonds is 3. The molecule has 3 heteroatoms. The number of halogens is 1. The molecule has 1 unspecified atom stereocenters. The number of hydrogen-bond acceptors (Lipinski definition) is 2. The molecular formula is C16H22FNO. The Morgan fingerprint density at radius 1 is 1.42 bits per heavy atom. The first-order valence-corrected chi connectivity index (χ1v) is 7.32. The van der Waals surface area contributed by atoms with Crippen molar-refractivity contribution in [3.8, 4) is 0 Å². The number of hydrogen-bond donors (Lipinski definition) is 1. The Bertz CT molecular complexity index is 444. The first kappa shape index (κ1) is 13.1. The highest BCUT2D eigenvalue weighted by atomic mass is 19.1. The molecule has 19 heavy (non-hydrogen) atoms. The van der Waals surface area contributed by atoms with Crippen LogP contribution in [0.15, 0.2) is 24.3 Å². The van der Waals surface area contributed by atoms with Crippen LogP contribution in [0.2, 0.25) is 0 Å². The molecule has 3 rings (SSSR count). The van der Waals surface area contributed by atoms with Gasteiger partial charge in [0, 0.05) is 18.7 Å². The lowest BCUT2D eigenvalue weighted by Crippen LogP contribution is -2.51. The molecule has 1 aromatic carbocycles. The van der Waals surface area contributed by atoms with Gasteiger partial charge < -0.3 is 10.1 Å². The Morgan fingerprint density at radius 3 is 2.95 bits per heavy atom. The summed E-state index contributed by atoms with van der Waals surface area (Å²) >= 11 is 0. The average molecular weight is 263 g/mol. The summed E-state index contributed by atoms with van der Waals surface area (Å²) in [4.78, 5) is 0. The van der Waals surface area contributed by atoms with Crippen molar-refractivity contribution >= 4 is 0 Å². The predicted octanol–water partition coefficient (Wildman–Crippen LogP) is 3.58. The summed E-state index contributed by atoms with van der Waals surface area (Å²) in [7, 11) is 0. The molecule has 1 saturated carbocycles. The predicted molar refractivity (Wildman–Crippen MR) is 73.5 cm³/mol. The highest BCUT2D eigenvalue weighted by Gasteiger charge is 2.42. The minimum Gasteiger partial charge on any atom is -0.375 e. The quantitative estimate of drug-likeness (QED) is 0.900. The minimum atomic E-state index is -0.159. The van der Waals surface area contributed by atoms with E-state index in [9.17, 15) is 4.39 Å². The van der Waals surface area contributed by atoms with Crippen LogP contribution in [0.1, 0.15) is 50.6 Å². The number of nitrogens with one attached hydrogen (secondary N) is 1. The zero-order chi connectivity index (χ0) is 13.3. The van der Waals surface area contributed by atoms with E-state index in [0.717, 1.165) is 25.0 Å². The van der Waals surface area contributed by atoms with Gasteiger partial charge in [0.05, 0.1) is 5.60 Å². The van der Waals surface area contributed by atoms with Crippen LogP contribution in [-0.2, 0) is 4.74 Å². The Morgan fingerprint density at radius 2 is 2.26 bits per heavy atom. The zero-order valence-corrected chi connectivity index (χ0v) is 11.5. The highest BCUT2D eigenvalue weighted by molar-refractivity contribution is 5.19. The largest absolute Gasteiger partial charge is 0.375 e. The van der Waals surface area contributed by atoms with E-state index in [1.807, 2.05) is 6.07 Å². The second kappa shape index (κ2) is 5.22. The molecular weight excluding hydrogens is 241 g/mol. The number of ether oxygens (including phenoxy) is 1. The van der Waals surface area contributed by atoms with Crippen LogP contribution < -0.4 is 5.32 Å². The fraction of sp³-hybridized carbons (Fsp3) is 0.625. The van der Waals surface area contributed by atoms with Crippen LogP contribution in [0.5, 0.6) is 0 Å². The maximum Gasteiger partial charge on any atom is 0.123 e. The third-order valence-corrected chi connectivity index (χ3v) is 4.59. The standard InChI is InChI=1S/C16H22FNO/c1-12(13-4-2-5-14(17)10-13)18-15-6-9-19-16(11-15)7-3-8-16/h2,4-5,10,12,15,18H,3,6-9,11H2,1H3/t12-,15?/m1/s1. The van der Waals surface area contributed by atoms with E-state index in [-0.39, 0.29) is 17.5 Å². The molecule has 1 saturated heterocycles. The number of benzene rings is 1. The summed E-state index contributed by atoms with van der Waals surface area (Å²) in [5.41, 5.74) is 1.19. The van der Waals surface area contributed by atoms with Gasteiger partial charge in [-0.3, -0.25) is 0 Å². The first-order valence-electron chi connectivity index (χ1n) is 7.32. The third kappa shape index (κ3) is 2.82. The van der Waals surface area contributed by atoms with E-state index in [2.05, 4.69) is 12.2 Å². The molecule has 0 bridgehead atoms. The van der Waals surface area contributed by atoms with Crippen molar-refractivity contribution in [1.82, 2.24) is 5.32 Å². The van der Waals surface area contributed by atoms with Gasteiger partial charge >= 0.3 is 0 Å². The molecule has 1 aromatic rings. The lowest BCUT2D eigenvalue weighted by molar-refractivity contribution is -0.136. The highest BCUT2D eigenvalue weighted by Crippen LogP contribution is 2.42. The molecule has 1 N–H and O–H groups in total. The molecule has 1 aliphatic heterocycles. The molecule has 1 aliphatic carbocycles. The molecule has 0 aromatic heterocycles. The zero-order valence-electron chi connectivity index (χ0n) is 11.5. The fourth-order valence-corrected chi connectivity index (χ4v) is 3.32. The minimum absolute atomic E-state index is 0.159. The van der Waals surface area contributed by atoms with Crippen LogP contribution >= 0.6 is 0 Å². The summed E-state index contributed by atoms with van der Waals surface area (Å²) in [5.74, 6) is -0.159. The van der Waals surface area contributed by atoms with Crippen LogP contribution in [0.25, 0.3) is 0 Å². The molecule has 2 nitrogen and oxygen atoms in total. The van der Waals surface area contributed by atoms with Gasteiger partial charge in [-0.2, -0.15) is 0 Å². The van der Waals surface area contributed by atoms with E-state index < -0.39 is 0 Å². The van der Waals surface area contributed by atoms with E-state index in [1.165, 1.54) is 25.3 Å². The second-order valence-electron chi connectivity index (χ2n) is 6.02. The van der Waals surface area contributed by atoms with Crippen molar-refractivity contribution in [3.63, 3.8) is 0 Å². The van der Waals surface area contributed by atoms with Gasteiger partial charge in [-0.15, -0.1) is 0 Å². The Hall–Kier alpha value is -0.930. The van der Waals surface area contributed by atoms with Crippen LogP contribution in [0.4, 0.5) is 4.39 Å². The van der Waals surface area contributed by atoms with E-state index >= 15 is 0 Å². The summed E-state index contributed by atoms with van der Waals surface area (Å²) in [6.45, 7) is 2.96. The van der Waals surface area contributed by atoms with Crippen molar-refractivity contribution in [1.29, 1.82) is 0 Å². The van der Waals surface area contributed by atoms with Crippen LogP contribution in [-0.4, -0.2) is 18.2 Å². The van der Waals surface area contributed by atoms with E-state index in [1.54, 1.807) is 12.1 Å². The van der Waals surface area contributed by atoms with Gasteiger partial charge in [0.25, 0.3) is 0 Å². The van der Waals surface area contributed by atoms with Crippen molar-refractivity contribution in [3.05, 3.63) is 35.6 Å². The smallest absolute Gasteiger partial charge is 0.123 e.